The molecule has 152 valence electrons. The van der Waals surface area contributed by atoms with Gasteiger partial charge in [0.25, 0.3) is 0 Å². The zero-order chi connectivity index (χ0) is 21.6. The highest BCUT2D eigenvalue weighted by molar-refractivity contribution is 6.38. The van der Waals surface area contributed by atoms with Crippen LogP contribution in [0.15, 0.2) is 52.9 Å². The molecule has 6 heteroatoms. The molecule has 30 heavy (non-hydrogen) atoms. The average Bonchev–Trinajstić information content (AvgIpc) is 2.72. The van der Waals surface area contributed by atoms with E-state index in [0.29, 0.717) is 32.5 Å². The summed E-state index contributed by atoms with van der Waals surface area (Å²) in [5.41, 5.74) is 4.38. The zero-order valence-corrected chi connectivity index (χ0v) is 18.7. The van der Waals surface area contributed by atoms with Crippen molar-refractivity contribution in [2.24, 2.45) is 0 Å². The first-order chi connectivity index (χ1) is 14.3. The quantitative estimate of drug-likeness (QED) is 0.243. The highest BCUT2D eigenvalue weighted by Gasteiger charge is 2.23. The Hall–Kier alpha value is -2.82. The fraction of sp³-hybridized carbons (Fsp3) is 0.167. The standard InChI is InChI=1S/C24H21Cl2N2O2/c1-27(2)14-5-7-16-21(11-14)30-22-12-15(28(3)4)6-8-17(22)23(16)24-18(13-29)19(25)9-10-20(24)26/h5-13H,1-4H3/q+1. The summed E-state index contributed by atoms with van der Waals surface area (Å²) in [6, 6.07) is 15.4. The summed E-state index contributed by atoms with van der Waals surface area (Å²) >= 11 is 13.0. The van der Waals surface area contributed by atoms with Crippen molar-refractivity contribution < 1.29 is 9.21 Å². The van der Waals surface area contributed by atoms with Gasteiger partial charge in [0, 0.05) is 64.6 Å². The fourth-order valence-corrected chi connectivity index (χ4v) is 4.09. The van der Waals surface area contributed by atoms with Gasteiger partial charge in [-0.15, -0.1) is 0 Å². The Bertz CT molecular complexity index is 1340. The van der Waals surface area contributed by atoms with E-state index in [-0.39, 0.29) is 0 Å². The van der Waals surface area contributed by atoms with Gasteiger partial charge in [-0.1, -0.05) is 23.2 Å². The molecule has 1 aliphatic heterocycles. The van der Waals surface area contributed by atoms with Crippen molar-refractivity contribution in [3.05, 3.63) is 69.5 Å². The van der Waals surface area contributed by atoms with Crippen molar-refractivity contribution in [1.29, 1.82) is 0 Å². The number of nitrogens with zero attached hydrogens (tertiary/aromatic N) is 2. The van der Waals surface area contributed by atoms with Crippen LogP contribution >= 0.6 is 23.2 Å². The van der Waals surface area contributed by atoms with Gasteiger partial charge in [0.05, 0.1) is 11.1 Å². The van der Waals surface area contributed by atoms with Gasteiger partial charge in [0.15, 0.2) is 6.29 Å². The van der Waals surface area contributed by atoms with E-state index in [1.165, 1.54) is 0 Å². The minimum atomic E-state index is 0.362. The molecule has 2 aromatic rings. The molecule has 0 aromatic heterocycles. The lowest BCUT2D eigenvalue weighted by Crippen LogP contribution is -2.21. The molecule has 2 aliphatic rings. The summed E-state index contributed by atoms with van der Waals surface area (Å²) in [4.78, 5) is 14.0. The molecule has 0 N–H and O–H groups in total. The second kappa shape index (κ2) is 7.78. The van der Waals surface area contributed by atoms with E-state index in [4.69, 9.17) is 27.6 Å². The predicted octanol–water partition coefficient (Wildman–Crippen LogP) is 5.42. The maximum atomic E-state index is 12.0. The van der Waals surface area contributed by atoms with Crippen LogP contribution in [0, 0.1) is 0 Å². The maximum Gasteiger partial charge on any atom is 0.203 e. The average molecular weight is 440 g/mol. The molecule has 1 heterocycles. The number of anilines is 1. The third kappa shape index (κ3) is 3.36. The van der Waals surface area contributed by atoms with Crippen molar-refractivity contribution in [3.8, 4) is 22.5 Å². The topological polar surface area (TPSA) is 36.5 Å². The number of fused-ring (bicyclic) bond motifs is 2. The Balaban J connectivity index is 2.24. The normalized spacial score (nSPS) is 11.1. The lowest BCUT2D eigenvalue weighted by atomic mass is 9.91. The Labute approximate surface area is 184 Å². The number of carbonyl (C=O) groups excluding carboxylic acids is 1. The molecule has 0 radical (unpaired) electrons. The molecule has 2 aromatic carbocycles. The van der Waals surface area contributed by atoms with Crippen LogP contribution in [0.4, 0.5) is 5.69 Å². The highest BCUT2D eigenvalue weighted by Crippen LogP contribution is 2.45. The van der Waals surface area contributed by atoms with Crippen LogP contribution in [0.5, 0.6) is 0 Å². The summed E-state index contributed by atoms with van der Waals surface area (Å²) in [6.45, 7) is 0. The Kier molecular flexibility index (Phi) is 5.31. The van der Waals surface area contributed by atoms with Crippen molar-refractivity contribution >= 4 is 46.1 Å². The molecule has 0 spiro atoms. The van der Waals surface area contributed by atoms with Gasteiger partial charge in [-0.05, 0) is 30.3 Å². The van der Waals surface area contributed by atoms with Crippen LogP contribution in [0.3, 0.4) is 0 Å². The maximum absolute atomic E-state index is 12.0. The molecular formula is C24H21Cl2N2O2+. The molecular weight excluding hydrogens is 419 g/mol. The van der Waals surface area contributed by atoms with Gasteiger partial charge >= 0.3 is 0 Å². The van der Waals surface area contributed by atoms with Crippen LogP contribution in [-0.2, 0) is 0 Å². The van der Waals surface area contributed by atoms with Gasteiger partial charge in [-0.3, -0.25) is 4.79 Å². The van der Waals surface area contributed by atoms with Gasteiger partial charge in [0.2, 0.25) is 5.36 Å². The predicted molar refractivity (Wildman–Crippen MR) is 125 cm³/mol. The van der Waals surface area contributed by atoms with Crippen LogP contribution in [0.1, 0.15) is 10.4 Å². The molecule has 0 fully saturated rings. The number of halogens is 2. The Morgan fingerprint density at radius 2 is 1.67 bits per heavy atom. The fourth-order valence-electron chi connectivity index (χ4n) is 3.63. The first kappa shape index (κ1) is 20.5. The zero-order valence-electron chi connectivity index (χ0n) is 17.2. The van der Waals surface area contributed by atoms with Gasteiger partial charge in [-0.25, -0.2) is 4.58 Å². The molecule has 0 saturated heterocycles. The van der Waals surface area contributed by atoms with Crippen LogP contribution in [-0.4, -0.2) is 34.5 Å². The van der Waals surface area contributed by atoms with E-state index >= 15 is 0 Å². The third-order valence-electron chi connectivity index (χ3n) is 5.23. The SMILES string of the molecule is CN(C)c1ccc2c(-c3c(Cl)ccc(Cl)c3C=O)c3ccc(=[N+](C)C)cc-3oc2c1. The van der Waals surface area contributed by atoms with Crippen molar-refractivity contribution in [1.82, 2.24) is 4.58 Å². The van der Waals surface area contributed by atoms with Gasteiger partial charge < -0.3 is 9.32 Å². The first-order valence-electron chi connectivity index (χ1n) is 9.43. The van der Waals surface area contributed by atoms with E-state index in [1.54, 1.807) is 12.1 Å². The molecule has 0 unspecified atom stereocenters. The Morgan fingerprint density at radius 1 is 0.933 bits per heavy atom. The largest absolute Gasteiger partial charge is 0.456 e. The summed E-state index contributed by atoms with van der Waals surface area (Å²) in [7, 11) is 7.91. The molecule has 0 saturated carbocycles. The van der Waals surface area contributed by atoms with E-state index in [1.807, 2.05) is 74.1 Å². The number of aldehydes is 1. The second-order valence-corrected chi connectivity index (χ2v) is 8.38. The third-order valence-corrected chi connectivity index (χ3v) is 5.88. The minimum Gasteiger partial charge on any atom is -0.456 e. The van der Waals surface area contributed by atoms with E-state index < -0.39 is 0 Å². The number of hydrogen-bond donors (Lipinski definition) is 0. The number of rotatable bonds is 3. The first-order valence-corrected chi connectivity index (χ1v) is 10.2. The molecule has 0 atom stereocenters. The Morgan fingerprint density at radius 3 is 2.33 bits per heavy atom. The smallest absolute Gasteiger partial charge is 0.203 e. The van der Waals surface area contributed by atoms with Gasteiger partial charge in [0.1, 0.15) is 25.4 Å². The summed E-state index contributed by atoms with van der Waals surface area (Å²) < 4.78 is 8.33. The summed E-state index contributed by atoms with van der Waals surface area (Å²) in [5, 5.41) is 2.69. The lowest BCUT2D eigenvalue weighted by molar-refractivity contribution is 0.112. The second-order valence-electron chi connectivity index (χ2n) is 7.56. The molecule has 4 rings (SSSR count). The highest BCUT2D eigenvalue weighted by atomic mass is 35.5. The number of hydrogen-bond acceptors (Lipinski definition) is 3. The summed E-state index contributed by atoms with van der Waals surface area (Å²) in [6.07, 6.45) is 0.758. The van der Waals surface area contributed by atoms with E-state index in [2.05, 4.69) is 0 Å². The van der Waals surface area contributed by atoms with Crippen LogP contribution in [0.25, 0.3) is 33.4 Å². The minimum absolute atomic E-state index is 0.362. The molecule has 0 amide bonds. The lowest BCUT2D eigenvalue weighted by Gasteiger charge is -2.19. The number of benzene rings is 3. The number of carbonyl (C=O) groups is 1. The summed E-state index contributed by atoms with van der Waals surface area (Å²) in [5.74, 6) is 0.701. The van der Waals surface area contributed by atoms with Crippen molar-refractivity contribution in [3.63, 3.8) is 0 Å². The van der Waals surface area contributed by atoms with Crippen LogP contribution in [0.2, 0.25) is 10.0 Å². The molecule has 0 bridgehead atoms. The van der Waals surface area contributed by atoms with Crippen LogP contribution < -0.4 is 14.8 Å². The van der Waals surface area contributed by atoms with Gasteiger partial charge in [-0.2, -0.15) is 0 Å². The molecule has 1 aliphatic carbocycles. The van der Waals surface area contributed by atoms with Crippen molar-refractivity contribution in [2.45, 2.75) is 0 Å². The molecule has 4 nitrogen and oxygen atoms in total. The van der Waals surface area contributed by atoms with E-state index in [9.17, 15) is 4.79 Å². The van der Waals surface area contributed by atoms with Crippen molar-refractivity contribution in [2.75, 3.05) is 33.1 Å². The van der Waals surface area contributed by atoms with E-state index in [0.717, 1.165) is 33.8 Å². The monoisotopic (exact) mass is 439 g/mol.